The van der Waals surface area contributed by atoms with Crippen molar-refractivity contribution >= 4 is 18.6 Å². The van der Waals surface area contributed by atoms with Crippen LogP contribution in [0.3, 0.4) is 0 Å². The summed E-state index contributed by atoms with van der Waals surface area (Å²) < 4.78 is 4.76. The van der Waals surface area contributed by atoms with Crippen LogP contribution in [0.4, 0.5) is 0 Å². The number of carbonyl (C=O) groups is 1. The van der Waals surface area contributed by atoms with E-state index in [1.165, 1.54) is 12.1 Å². The van der Waals surface area contributed by atoms with E-state index in [1.807, 2.05) is 6.07 Å². The third-order valence-corrected chi connectivity index (χ3v) is 2.33. The summed E-state index contributed by atoms with van der Waals surface area (Å²) >= 11 is 4.08. The largest absolute Gasteiger partial charge is 0.508 e. The zero-order valence-corrected chi connectivity index (χ0v) is 9.62. The van der Waals surface area contributed by atoms with Gasteiger partial charge in [-0.15, -0.1) is 12.6 Å². The highest BCUT2D eigenvalue weighted by atomic mass is 32.1. The van der Waals surface area contributed by atoms with Crippen molar-refractivity contribution in [3.05, 3.63) is 23.3 Å². The van der Waals surface area contributed by atoms with Crippen molar-refractivity contribution in [2.24, 2.45) is 0 Å². The highest BCUT2D eigenvalue weighted by molar-refractivity contribution is 7.80. The SMILES string of the molecule is CCOC(=O)Cc1cc(S)c(C#N)cc1O. The number of nitriles is 1. The number of aromatic hydroxyl groups is 1. The number of thiol groups is 1. The van der Waals surface area contributed by atoms with Crippen molar-refractivity contribution in [1.29, 1.82) is 5.26 Å². The normalized spacial score (nSPS) is 9.56. The Bertz CT molecular complexity index is 451. The van der Waals surface area contributed by atoms with Gasteiger partial charge in [-0.3, -0.25) is 4.79 Å². The molecule has 1 N–H and O–H groups in total. The van der Waals surface area contributed by atoms with E-state index < -0.39 is 5.97 Å². The third kappa shape index (κ3) is 2.91. The predicted octanol–water partition coefficient (Wildman–Crippen LogP) is 1.66. The maximum Gasteiger partial charge on any atom is 0.310 e. The van der Waals surface area contributed by atoms with Gasteiger partial charge in [-0.1, -0.05) is 0 Å². The van der Waals surface area contributed by atoms with Gasteiger partial charge in [0.25, 0.3) is 0 Å². The Hall–Kier alpha value is -1.67. The van der Waals surface area contributed by atoms with Gasteiger partial charge >= 0.3 is 5.97 Å². The second kappa shape index (κ2) is 5.42. The van der Waals surface area contributed by atoms with Gasteiger partial charge in [-0.05, 0) is 19.1 Å². The first-order valence-corrected chi connectivity index (χ1v) is 5.13. The molecule has 0 aliphatic rings. The Morgan fingerprint density at radius 1 is 1.62 bits per heavy atom. The van der Waals surface area contributed by atoms with Crippen LogP contribution in [0.15, 0.2) is 17.0 Å². The van der Waals surface area contributed by atoms with Crippen molar-refractivity contribution in [3.8, 4) is 11.8 Å². The van der Waals surface area contributed by atoms with E-state index in [0.29, 0.717) is 17.1 Å². The van der Waals surface area contributed by atoms with E-state index in [1.54, 1.807) is 6.92 Å². The summed E-state index contributed by atoms with van der Waals surface area (Å²) in [5, 5.41) is 18.3. The predicted molar refractivity (Wildman–Crippen MR) is 60.4 cm³/mol. The van der Waals surface area contributed by atoms with E-state index in [2.05, 4.69) is 12.6 Å². The number of ether oxygens (including phenoxy) is 1. The maximum atomic E-state index is 11.2. The summed E-state index contributed by atoms with van der Waals surface area (Å²) in [5.41, 5.74) is 0.677. The van der Waals surface area contributed by atoms with Gasteiger partial charge in [0.2, 0.25) is 0 Å². The summed E-state index contributed by atoms with van der Waals surface area (Å²) in [7, 11) is 0. The highest BCUT2D eigenvalue weighted by Gasteiger charge is 2.11. The van der Waals surface area contributed by atoms with Crippen LogP contribution < -0.4 is 0 Å². The van der Waals surface area contributed by atoms with E-state index in [-0.39, 0.29) is 17.7 Å². The second-order valence-electron chi connectivity index (χ2n) is 3.09. The Labute approximate surface area is 98.9 Å². The van der Waals surface area contributed by atoms with Crippen LogP contribution in [0.2, 0.25) is 0 Å². The van der Waals surface area contributed by atoms with Gasteiger partial charge in [-0.2, -0.15) is 5.26 Å². The molecule has 5 heteroatoms. The van der Waals surface area contributed by atoms with Crippen LogP contribution in [-0.2, 0) is 16.0 Å². The molecule has 0 aromatic heterocycles. The topological polar surface area (TPSA) is 70.3 Å². The number of nitrogens with zero attached hydrogens (tertiary/aromatic N) is 1. The number of benzene rings is 1. The monoisotopic (exact) mass is 237 g/mol. The van der Waals surface area contributed by atoms with E-state index in [9.17, 15) is 9.90 Å². The van der Waals surface area contributed by atoms with Crippen LogP contribution in [-0.4, -0.2) is 17.7 Å². The van der Waals surface area contributed by atoms with E-state index >= 15 is 0 Å². The van der Waals surface area contributed by atoms with Gasteiger partial charge in [0.15, 0.2) is 0 Å². The molecule has 0 fully saturated rings. The molecule has 0 aliphatic heterocycles. The fraction of sp³-hybridized carbons (Fsp3) is 0.273. The smallest absolute Gasteiger partial charge is 0.310 e. The van der Waals surface area contributed by atoms with Crippen LogP contribution in [0.1, 0.15) is 18.1 Å². The minimum atomic E-state index is -0.421. The highest BCUT2D eigenvalue weighted by Crippen LogP contribution is 2.25. The molecule has 0 atom stereocenters. The van der Waals surface area contributed by atoms with E-state index in [4.69, 9.17) is 10.00 Å². The summed E-state index contributed by atoms with van der Waals surface area (Å²) in [6.45, 7) is 2.00. The van der Waals surface area contributed by atoms with Crippen LogP contribution in [0, 0.1) is 11.3 Å². The fourth-order valence-corrected chi connectivity index (χ4v) is 1.49. The third-order valence-electron chi connectivity index (χ3n) is 1.96. The first-order valence-electron chi connectivity index (χ1n) is 4.69. The number of hydrogen-bond donors (Lipinski definition) is 2. The average molecular weight is 237 g/mol. The quantitative estimate of drug-likeness (QED) is 0.619. The van der Waals surface area contributed by atoms with Gasteiger partial charge < -0.3 is 9.84 Å². The first kappa shape index (κ1) is 12.4. The molecule has 0 bridgehead atoms. The minimum absolute atomic E-state index is 0.0288. The summed E-state index contributed by atoms with van der Waals surface area (Å²) in [6, 6.07) is 4.67. The Morgan fingerprint density at radius 2 is 2.31 bits per heavy atom. The van der Waals surface area contributed by atoms with Crippen LogP contribution in [0.5, 0.6) is 5.75 Å². The number of phenols is 1. The van der Waals surface area contributed by atoms with Crippen LogP contribution >= 0.6 is 12.6 Å². The molecule has 84 valence electrons. The Balaban J connectivity index is 2.95. The molecule has 1 aromatic carbocycles. The molecule has 0 unspecified atom stereocenters. The summed E-state index contributed by atoms with van der Waals surface area (Å²) in [4.78, 5) is 11.6. The first-order chi connectivity index (χ1) is 7.58. The lowest BCUT2D eigenvalue weighted by Gasteiger charge is -2.06. The van der Waals surface area contributed by atoms with Crippen molar-refractivity contribution in [2.75, 3.05) is 6.61 Å². The van der Waals surface area contributed by atoms with Gasteiger partial charge in [-0.25, -0.2) is 0 Å². The van der Waals surface area contributed by atoms with Gasteiger partial charge in [0, 0.05) is 10.5 Å². The van der Waals surface area contributed by atoms with Crippen molar-refractivity contribution < 1.29 is 14.6 Å². The Morgan fingerprint density at radius 3 is 2.88 bits per heavy atom. The standard InChI is InChI=1S/C11H11NO3S/c1-2-15-11(14)5-7-4-10(16)8(6-12)3-9(7)13/h3-4,13,16H,2,5H2,1H3. The molecule has 4 nitrogen and oxygen atoms in total. The molecule has 0 spiro atoms. The summed E-state index contributed by atoms with van der Waals surface area (Å²) in [5.74, 6) is -0.516. The molecule has 1 aromatic rings. The molecule has 16 heavy (non-hydrogen) atoms. The zero-order valence-electron chi connectivity index (χ0n) is 8.73. The maximum absolute atomic E-state index is 11.2. The van der Waals surface area contributed by atoms with Crippen molar-refractivity contribution in [3.63, 3.8) is 0 Å². The molecule has 0 heterocycles. The summed E-state index contributed by atoms with van der Waals surface area (Å²) in [6.07, 6.45) is -0.0288. The molecular formula is C11H11NO3S. The Kier molecular flexibility index (Phi) is 4.20. The lowest BCUT2D eigenvalue weighted by atomic mass is 10.1. The molecule has 0 aliphatic carbocycles. The van der Waals surface area contributed by atoms with E-state index in [0.717, 1.165) is 0 Å². The zero-order chi connectivity index (χ0) is 12.1. The lowest BCUT2D eigenvalue weighted by Crippen LogP contribution is -2.07. The molecule has 0 saturated carbocycles. The van der Waals surface area contributed by atoms with Gasteiger partial charge in [0.1, 0.15) is 11.8 Å². The number of esters is 1. The van der Waals surface area contributed by atoms with Crippen molar-refractivity contribution in [2.45, 2.75) is 18.2 Å². The lowest BCUT2D eigenvalue weighted by molar-refractivity contribution is -0.142. The second-order valence-corrected chi connectivity index (χ2v) is 3.57. The fourth-order valence-electron chi connectivity index (χ4n) is 1.22. The molecular weight excluding hydrogens is 226 g/mol. The molecule has 1 rings (SSSR count). The molecule has 0 saturated heterocycles. The molecule has 0 radical (unpaired) electrons. The molecule has 0 amide bonds. The number of carbonyl (C=O) groups excluding carboxylic acids is 1. The average Bonchev–Trinajstić information content (AvgIpc) is 2.23. The van der Waals surface area contributed by atoms with Crippen LogP contribution in [0.25, 0.3) is 0 Å². The number of rotatable bonds is 3. The number of phenolic OH excluding ortho intramolecular Hbond substituents is 1. The number of hydrogen-bond acceptors (Lipinski definition) is 5. The minimum Gasteiger partial charge on any atom is -0.508 e. The van der Waals surface area contributed by atoms with Gasteiger partial charge in [0.05, 0.1) is 18.6 Å². The van der Waals surface area contributed by atoms with Crippen molar-refractivity contribution in [1.82, 2.24) is 0 Å².